The van der Waals surface area contributed by atoms with Crippen LogP contribution in [0, 0.1) is 0 Å². The lowest BCUT2D eigenvalue weighted by Gasteiger charge is -2.44. The van der Waals surface area contributed by atoms with Crippen molar-refractivity contribution in [1.82, 2.24) is 4.90 Å². The van der Waals surface area contributed by atoms with Crippen molar-refractivity contribution in [2.45, 2.75) is 44.5 Å². The number of likely N-dealkylation sites (tertiary alicyclic amines) is 1. The number of β-amino-alcohol motifs (C(OH)–C–C–N with tert-alkyl or cyclic N) is 1. The maximum atomic E-state index is 12.5. The van der Waals surface area contributed by atoms with E-state index in [2.05, 4.69) is 0 Å². The summed E-state index contributed by atoms with van der Waals surface area (Å²) in [5.74, 6) is 0.609. The van der Waals surface area contributed by atoms with E-state index in [9.17, 15) is 9.90 Å². The zero-order chi connectivity index (χ0) is 16.4. The lowest BCUT2D eigenvalue weighted by atomic mass is 9.90. The molecule has 1 heterocycles. The van der Waals surface area contributed by atoms with E-state index in [0.717, 1.165) is 5.75 Å². The number of para-hydroxylation sites is 1. The monoisotopic (exact) mass is 307 g/mol. The first-order chi connectivity index (χ1) is 10.3. The van der Waals surface area contributed by atoms with Crippen LogP contribution in [0.5, 0.6) is 5.75 Å². The lowest BCUT2D eigenvalue weighted by Crippen LogP contribution is -2.61. The van der Waals surface area contributed by atoms with E-state index in [1.54, 1.807) is 25.7 Å². The van der Waals surface area contributed by atoms with Crippen molar-refractivity contribution in [2.75, 3.05) is 20.2 Å². The fraction of sp³-hybridized carbons (Fsp3) is 0.588. The van der Waals surface area contributed by atoms with Crippen LogP contribution in [0.25, 0.3) is 0 Å². The largest absolute Gasteiger partial charge is 0.487 e. The molecule has 122 valence electrons. The van der Waals surface area contributed by atoms with E-state index >= 15 is 0 Å². The first-order valence-corrected chi connectivity index (χ1v) is 7.55. The van der Waals surface area contributed by atoms with Gasteiger partial charge in [-0.3, -0.25) is 4.79 Å². The Balaban J connectivity index is 2.05. The highest BCUT2D eigenvalue weighted by atomic mass is 16.5. The molecule has 0 saturated carbocycles. The van der Waals surface area contributed by atoms with Crippen LogP contribution >= 0.6 is 0 Å². The molecule has 5 heteroatoms. The number of aliphatic hydroxyl groups is 1. The molecule has 0 bridgehead atoms. The Labute approximate surface area is 131 Å². The average Bonchev–Trinajstić information content (AvgIpc) is 2.49. The molecular formula is C17H25NO4. The van der Waals surface area contributed by atoms with Crippen LogP contribution in [0.1, 0.15) is 27.2 Å². The Bertz CT molecular complexity index is 513. The van der Waals surface area contributed by atoms with E-state index in [-0.39, 0.29) is 18.6 Å². The number of piperidine rings is 1. The zero-order valence-corrected chi connectivity index (χ0v) is 13.7. The standard InChI is InChI=1S/C17H25NO4/c1-16(2,21-4)15(19)18-11-10-14(17(3,20)12-18)22-13-8-6-5-7-9-13/h5-9,14,20H,10-12H2,1-4H3/t14-,17-/m0/s1. The fourth-order valence-electron chi connectivity index (χ4n) is 2.64. The molecule has 0 aliphatic carbocycles. The molecule has 2 atom stereocenters. The molecule has 2 rings (SSSR count). The van der Waals surface area contributed by atoms with Gasteiger partial charge in [0.2, 0.25) is 0 Å². The Hall–Kier alpha value is -1.59. The summed E-state index contributed by atoms with van der Waals surface area (Å²) in [6.45, 7) is 5.95. The molecule has 0 aromatic heterocycles. The van der Waals surface area contributed by atoms with Crippen molar-refractivity contribution in [1.29, 1.82) is 0 Å². The van der Waals surface area contributed by atoms with Gasteiger partial charge in [0.15, 0.2) is 0 Å². The Kier molecular flexibility index (Phi) is 4.78. The van der Waals surface area contributed by atoms with Gasteiger partial charge in [0.05, 0.1) is 6.54 Å². The van der Waals surface area contributed by atoms with Gasteiger partial charge in [-0.05, 0) is 32.9 Å². The lowest BCUT2D eigenvalue weighted by molar-refractivity contribution is -0.163. The maximum absolute atomic E-state index is 12.5. The van der Waals surface area contributed by atoms with E-state index in [4.69, 9.17) is 9.47 Å². The van der Waals surface area contributed by atoms with Crippen LogP contribution < -0.4 is 4.74 Å². The summed E-state index contributed by atoms with van der Waals surface area (Å²) in [6.07, 6.45) is 0.234. The molecule has 0 radical (unpaired) electrons. The fourth-order valence-corrected chi connectivity index (χ4v) is 2.64. The van der Waals surface area contributed by atoms with Gasteiger partial charge in [-0.15, -0.1) is 0 Å². The molecule has 1 aliphatic heterocycles. The minimum atomic E-state index is -1.10. The number of methoxy groups -OCH3 is 1. The summed E-state index contributed by atoms with van der Waals surface area (Å²) in [4.78, 5) is 14.1. The highest BCUT2D eigenvalue weighted by molar-refractivity contribution is 5.84. The molecule has 5 nitrogen and oxygen atoms in total. The number of amides is 1. The van der Waals surface area contributed by atoms with E-state index in [0.29, 0.717) is 13.0 Å². The third kappa shape index (κ3) is 3.59. The van der Waals surface area contributed by atoms with Crippen LogP contribution in [0.15, 0.2) is 30.3 Å². The summed E-state index contributed by atoms with van der Waals surface area (Å²) < 4.78 is 11.1. The number of benzene rings is 1. The predicted octanol–water partition coefficient (Wildman–Crippen LogP) is 1.84. The van der Waals surface area contributed by atoms with Crippen molar-refractivity contribution in [3.05, 3.63) is 30.3 Å². The van der Waals surface area contributed by atoms with Crippen molar-refractivity contribution >= 4 is 5.91 Å². The molecule has 0 unspecified atom stereocenters. The second kappa shape index (κ2) is 6.26. The summed E-state index contributed by atoms with van der Waals surface area (Å²) in [5.41, 5.74) is -1.99. The average molecular weight is 307 g/mol. The molecule has 1 aromatic rings. The van der Waals surface area contributed by atoms with E-state index < -0.39 is 11.2 Å². The molecule has 1 N–H and O–H groups in total. The molecule has 22 heavy (non-hydrogen) atoms. The van der Waals surface area contributed by atoms with Crippen LogP contribution in [0.2, 0.25) is 0 Å². The highest BCUT2D eigenvalue weighted by Crippen LogP contribution is 2.28. The quantitative estimate of drug-likeness (QED) is 0.922. The topological polar surface area (TPSA) is 59.0 Å². The van der Waals surface area contributed by atoms with E-state index in [1.807, 2.05) is 30.3 Å². The van der Waals surface area contributed by atoms with Crippen LogP contribution in [-0.4, -0.2) is 53.4 Å². The highest BCUT2D eigenvalue weighted by Gasteiger charge is 2.44. The smallest absolute Gasteiger partial charge is 0.254 e. The molecule has 1 saturated heterocycles. The molecular weight excluding hydrogens is 282 g/mol. The third-order valence-corrected chi connectivity index (χ3v) is 4.20. The van der Waals surface area contributed by atoms with Crippen molar-refractivity contribution in [3.63, 3.8) is 0 Å². The summed E-state index contributed by atoms with van der Waals surface area (Å²) in [5, 5.41) is 10.7. The van der Waals surface area contributed by atoms with Gasteiger partial charge in [0.25, 0.3) is 5.91 Å². The third-order valence-electron chi connectivity index (χ3n) is 4.20. The SMILES string of the molecule is COC(C)(C)C(=O)N1CC[C@H](Oc2ccccc2)[C@@](C)(O)C1. The van der Waals surface area contributed by atoms with Gasteiger partial charge < -0.3 is 19.5 Å². The first-order valence-electron chi connectivity index (χ1n) is 7.55. The number of nitrogens with zero attached hydrogens (tertiary/aromatic N) is 1. The second-order valence-corrected chi connectivity index (χ2v) is 6.51. The van der Waals surface area contributed by atoms with Gasteiger partial charge >= 0.3 is 0 Å². The van der Waals surface area contributed by atoms with Gasteiger partial charge in [0, 0.05) is 20.1 Å². The number of hydrogen-bond donors (Lipinski definition) is 1. The molecule has 1 aromatic carbocycles. The Morgan fingerprint density at radius 1 is 1.36 bits per heavy atom. The number of rotatable bonds is 4. The summed E-state index contributed by atoms with van der Waals surface area (Å²) >= 11 is 0. The molecule has 1 aliphatic rings. The van der Waals surface area contributed by atoms with Crippen molar-refractivity contribution in [3.8, 4) is 5.75 Å². The second-order valence-electron chi connectivity index (χ2n) is 6.51. The van der Waals surface area contributed by atoms with Crippen LogP contribution in [-0.2, 0) is 9.53 Å². The minimum absolute atomic E-state index is 0.117. The van der Waals surface area contributed by atoms with Crippen molar-refractivity contribution < 1.29 is 19.4 Å². The first kappa shape index (κ1) is 16.8. The number of ether oxygens (including phenoxy) is 2. The van der Waals surface area contributed by atoms with Gasteiger partial charge in [0.1, 0.15) is 23.1 Å². The normalized spacial score (nSPS) is 25.9. The summed E-state index contributed by atoms with van der Waals surface area (Å²) in [6, 6.07) is 9.43. The number of carbonyl (C=O) groups is 1. The molecule has 1 amide bonds. The Morgan fingerprint density at radius 3 is 2.55 bits per heavy atom. The van der Waals surface area contributed by atoms with Gasteiger partial charge in [-0.1, -0.05) is 18.2 Å². The Morgan fingerprint density at radius 2 is 2.00 bits per heavy atom. The van der Waals surface area contributed by atoms with Crippen LogP contribution in [0.3, 0.4) is 0 Å². The molecule has 1 fully saturated rings. The van der Waals surface area contributed by atoms with E-state index in [1.165, 1.54) is 7.11 Å². The summed E-state index contributed by atoms with van der Waals surface area (Å²) in [7, 11) is 1.52. The van der Waals surface area contributed by atoms with Gasteiger partial charge in [-0.25, -0.2) is 0 Å². The van der Waals surface area contributed by atoms with Crippen LogP contribution in [0.4, 0.5) is 0 Å². The predicted molar refractivity (Wildman–Crippen MR) is 83.8 cm³/mol. The molecule has 0 spiro atoms. The minimum Gasteiger partial charge on any atom is -0.487 e. The number of carbonyl (C=O) groups excluding carboxylic acids is 1. The van der Waals surface area contributed by atoms with Crippen molar-refractivity contribution in [2.24, 2.45) is 0 Å². The number of hydrogen-bond acceptors (Lipinski definition) is 4. The van der Waals surface area contributed by atoms with Gasteiger partial charge in [-0.2, -0.15) is 0 Å². The maximum Gasteiger partial charge on any atom is 0.254 e. The zero-order valence-electron chi connectivity index (χ0n) is 13.7.